The van der Waals surface area contributed by atoms with Crippen molar-refractivity contribution >= 4 is 0 Å². The highest BCUT2D eigenvalue weighted by molar-refractivity contribution is 4.83. The predicted octanol–water partition coefficient (Wildman–Crippen LogP) is 1.57. The molecular weight excluding hydrogens is 140 g/mol. The highest BCUT2D eigenvalue weighted by Gasteiger charge is 2.31. The summed E-state index contributed by atoms with van der Waals surface area (Å²) in [6, 6.07) is 0. The summed E-state index contributed by atoms with van der Waals surface area (Å²) in [5, 5.41) is 9.86. The standard InChI is InChI=1S/C9H18O2/c1-8-3-5-9(10,6-4-8)7-11-2/h8,10H,3-7H2,1-2H3. The van der Waals surface area contributed by atoms with Crippen LogP contribution in [0, 0.1) is 5.92 Å². The molecule has 2 nitrogen and oxygen atoms in total. The van der Waals surface area contributed by atoms with Crippen molar-refractivity contribution in [1.29, 1.82) is 0 Å². The van der Waals surface area contributed by atoms with E-state index in [9.17, 15) is 5.11 Å². The molecule has 2 heteroatoms. The molecule has 1 saturated carbocycles. The summed E-state index contributed by atoms with van der Waals surface area (Å²) in [6.07, 6.45) is 4.09. The maximum atomic E-state index is 9.86. The van der Waals surface area contributed by atoms with Gasteiger partial charge in [-0.3, -0.25) is 0 Å². The summed E-state index contributed by atoms with van der Waals surface area (Å²) in [5.41, 5.74) is -0.513. The van der Waals surface area contributed by atoms with Crippen molar-refractivity contribution in [2.45, 2.75) is 38.2 Å². The number of hydrogen-bond donors (Lipinski definition) is 1. The van der Waals surface area contributed by atoms with Crippen molar-refractivity contribution < 1.29 is 9.84 Å². The summed E-state index contributed by atoms with van der Waals surface area (Å²) in [6.45, 7) is 2.74. The van der Waals surface area contributed by atoms with Crippen molar-refractivity contribution in [3.8, 4) is 0 Å². The molecule has 66 valence electrons. The van der Waals surface area contributed by atoms with Crippen LogP contribution in [-0.2, 0) is 4.74 Å². The van der Waals surface area contributed by atoms with Crippen molar-refractivity contribution in [3.05, 3.63) is 0 Å². The molecule has 1 rings (SSSR count). The lowest BCUT2D eigenvalue weighted by Gasteiger charge is -2.34. The van der Waals surface area contributed by atoms with Crippen molar-refractivity contribution in [2.24, 2.45) is 5.92 Å². The van der Waals surface area contributed by atoms with Gasteiger partial charge in [-0.1, -0.05) is 6.92 Å². The Morgan fingerprint density at radius 1 is 1.45 bits per heavy atom. The number of methoxy groups -OCH3 is 1. The van der Waals surface area contributed by atoms with E-state index in [1.807, 2.05) is 0 Å². The number of rotatable bonds is 2. The minimum absolute atomic E-state index is 0.500. The van der Waals surface area contributed by atoms with Crippen LogP contribution < -0.4 is 0 Å². The summed E-state index contributed by atoms with van der Waals surface area (Å²) >= 11 is 0. The topological polar surface area (TPSA) is 29.5 Å². The first-order valence-electron chi connectivity index (χ1n) is 4.38. The molecular formula is C9H18O2. The number of ether oxygens (including phenoxy) is 1. The zero-order valence-corrected chi connectivity index (χ0v) is 7.47. The minimum atomic E-state index is -0.513. The van der Waals surface area contributed by atoms with Crippen LogP contribution in [0.3, 0.4) is 0 Å². The third-order valence-electron chi connectivity index (χ3n) is 2.62. The molecule has 0 aliphatic heterocycles. The van der Waals surface area contributed by atoms with Gasteiger partial charge >= 0.3 is 0 Å². The van der Waals surface area contributed by atoms with Gasteiger partial charge in [-0.2, -0.15) is 0 Å². The Morgan fingerprint density at radius 2 is 2.00 bits per heavy atom. The largest absolute Gasteiger partial charge is 0.387 e. The fraction of sp³-hybridized carbons (Fsp3) is 1.00. The Morgan fingerprint density at radius 3 is 2.45 bits per heavy atom. The predicted molar refractivity (Wildman–Crippen MR) is 44.5 cm³/mol. The summed E-state index contributed by atoms with van der Waals surface area (Å²) < 4.78 is 4.97. The molecule has 0 aromatic rings. The van der Waals surface area contributed by atoms with Crippen molar-refractivity contribution in [1.82, 2.24) is 0 Å². The van der Waals surface area contributed by atoms with Gasteiger partial charge in [0.1, 0.15) is 0 Å². The molecule has 0 aromatic heterocycles. The molecule has 0 unspecified atom stereocenters. The van der Waals surface area contributed by atoms with Gasteiger partial charge in [0.05, 0.1) is 12.2 Å². The van der Waals surface area contributed by atoms with Gasteiger partial charge in [0.2, 0.25) is 0 Å². The molecule has 1 fully saturated rings. The Labute approximate surface area is 68.6 Å². The average molecular weight is 158 g/mol. The molecule has 0 saturated heterocycles. The lowest BCUT2D eigenvalue weighted by atomic mass is 9.80. The normalized spacial score (nSPS) is 39.0. The quantitative estimate of drug-likeness (QED) is 0.661. The van der Waals surface area contributed by atoms with Gasteiger partial charge in [-0.15, -0.1) is 0 Å². The smallest absolute Gasteiger partial charge is 0.0880 e. The van der Waals surface area contributed by atoms with Gasteiger partial charge in [0, 0.05) is 7.11 Å². The maximum Gasteiger partial charge on any atom is 0.0880 e. The SMILES string of the molecule is COCC1(O)CCC(C)CC1. The second-order valence-corrected chi connectivity index (χ2v) is 3.84. The summed E-state index contributed by atoms with van der Waals surface area (Å²) in [4.78, 5) is 0. The lowest BCUT2D eigenvalue weighted by Crippen LogP contribution is -2.37. The van der Waals surface area contributed by atoms with E-state index in [1.54, 1.807) is 7.11 Å². The summed E-state index contributed by atoms with van der Waals surface area (Å²) in [5.74, 6) is 0.784. The van der Waals surface area contributed by atoms with E-state index in [2.05, 4.69) is 6.92 Å². The van der Waals surface area contributed by atoms with Crippen molar-refractivity contribution in [3.63, 3.8) is 0 Å². The van der Waals surface area contributed by atoms with Crippen LogP contribution in [0.15, 0.2) is 0 Å². The minimum Gasteiger partial charge on any atom is -0.387 e. The van der Waals surface area contributed by atoms with Gasteiger partial charge in [-0.05, 0) is 31.6 Å². The zero-order chi connectivity index (χ0) is 8.32. The second-order valence-electron chi connectivity index (χ2n) is 3.84. The van der Waals surface area contributed by atoms with Crippen LogP contribution in [0.5, 0.6) is 0 Å². The molecule has 0 aromatic carbocycles. The molecule has 0 spiro atoms. The molecule has 0 atom stereocenters. The molecule has 0 heterocycles. The number of hydrogen-bond acceptors (Lipinski definition) is 2. The second kappa shape index (κ2) is 3.55. The van der Waals surface area contributed by atoms with E-state index in [1.165, 1.54) is 0 Å². The fourth-order valence-electron chi connectivity index (χ4n) is 1.71. The van der Waals surface area contributed by atoms with Crippen LogP contribution in [0.1, 0.15) is 32.6 Å². The van der Waals surface area contributed by atoms with Crippen LogP contribution in [0.25, 0.3) is 0 Å². The van der Waals surface area contributed by atoms with Crippen LogP contribution >= 0.6 is 0 Å². The van der Waals surface area contributed by atoms with E-state index >= 15 is 0 Å². The maximum absolute atomic E-state index is 9.86. The number of aliphatic hydroxyl groups is 1. The fourth-order valence-corrected chi connectivity index (χ4v) is 1.71. The van der Waals surface area contributed by atoms with E-state index in [0.29, 0.717) is 6.61 Å². The van der Waals surface area contributed by atoms with Crippen LogP contribution in [-0.4, -0.2) is 24.4 Å². The van der Waals surface area contributed by atoms with E-state index in [-0.39, 0.29) is 0 Å². The first kappa shape index (κ1) is 9.01. The van der Waals surface area contributed by atoms with Gasteiger partial charge in [0.15, 0.2) is 0 Å². The van der Waals surface area contributed by atoms with Gasteiger partial charge in [0.25, 0.3) is 0 Å². The molecule has 1 N–H and O–H groups in total. The van der Waals surface area contributed by atoms with E-state index < -0.39 is 5.60 Å². The highest BCUT2D eigenvalue weighted by Crippen LogP contribution is 2.31. The Hall–Kier alpha value is -0.0800. The Bertz CT molecular complexity index is 115. The van der Waals surface area contributed by atoms with Crippen LogP contribution in [0.4, 0.5) is 0 Å². The molecule has 1 aliphatic rings. The first-order chi connectivity index (χ1) is 5.16. The Kier molecular flexibility index (Phi) is 2.90. The molecule has 0 bridgehead atoms. The lowest BCUT2D eigenvalue weighted by molar-refractivity contribution is -0.0628. The highest BCUT2D eigenvalue weighted by atomic mass is 16.5. The molecule has 0 amide bonds. The monoisotopic (exact) mass is 158 g/mol. The zero-order valence-electron chi connectivity index (χ0n) is 7.47. The summed E-state index contributed by atoms with van der Waals surface area (Å²) in [7, 11) is 1.65. The third-order valence-corrected chi connectivity index (χ3v) is 2.62. The van der Waals surface area contributed by atoms with E-state index in [0.717, 1.165) is 31.6 Å². The first-order valence-corrected chi connectivity index (χ1v) is 4.38. The third kappa shape index (κ3) is 2.46. The van der Waals surface area contributed by atoms with Gasteiger partial charge < -0.3 is 9.84 Å². The Balaban J connectivity index is 2.35. The van der Waals surface area contributed by atoms with Gasteiger partial charge in [-0.25, -0.2) is 0 Å². The molecule has 0 radical (unpaired) electrons. The van der Waals surface area contributed by atoms with E-state index in [4.69, 9.17) is 4.74 Å². The van der Waals surface area contributed by atoms with Crippen LogP contribution in [0.2, 0.25) is 0 Å². The molecule has 1 aliphatic carbocycles. The van der Waals surface area contributed by atoms with Crippen molar-refractivity contribution in [2.75, 3.05) is 13.7 Å². The average Bonchev–Trinajstić information content (AvgIpc) is 1.97. The molecule has 11 heavy (non-hydrogen) atoms.